The number of hydrogen-bond donors (Lipinski definition) is 1. The van der Waals surface area contributed by atoms with Crippen LogP contribution in [-0.2, 0) is 10.3 Å². The van der Waals surface area contributed by atoms with Crippen molar-refractivity contribution in [3.63, 3.8) is 0 Å². The van der Waals surface area contributed by atoms with Gasteiger partial charge in [-0.3, -0.25) is 0 Å². The Balaban J connectivity index is 2.60. The van der Waals surface area contributed by atoms with Gasteiger partial charge in [-0.1, -0.05) is 0 Å². The SMILES string of the molecule is CC1(C)Nc2cc(Br)c(Br)cc2C(C)(C)O1. The van der Waals surface area contributed by atoms with E-state index in [1.807, 2.05) is 13.8 Å². The molecule has 0 radical (unpaired) electrons. The molecule has 88 valence electrons. The molecule has 0 atom stereocenters. The first-order chi connectivity index (χ1) is 7.21. The van der Waals surface area contributed by atoms with Gasteiger partial charge in [0.15, 0.2) is 0 Å². The molecule has 1 heterocycles. The van der Waals surface area contributed by atoms with Crippen molar-refractivity contribution in [2.45, 2.75) is 39.0 Å². The van der Waals surface area contributed by atoms with Crippen LogP contribution >= 0.6 is 31.9 Å². The van der Waals surface area contributed by atoms with Crippen LogP contribution in [0.15, 0.2) is 21.1 Å². The van der Waals surface area contributed by atoms with Crippen LogP contribution in [-0.4, -0.2) is 5.72 Å². The Hall–Kier alpha value is -0.0600. The van der Waals surface area contributed by atoms with E-state index in [4.69, 9.17) is 4.74 Å². The molecule has 1 aromatic carbocycles. The third kappa shape index (κ3) is 2.15. The average Bonchev–Trinajstić information content (AvgIpc) is 2.06. The number of halogens is 2. The normalized spacial score (nSPS) is 21.1. The van der Waals surface area contributed by atoms with E-state index in [1.165, 1.54) is 5.56 Å². The second-order valence-corrected chi connectivity index (χ2v) is 6.77. The van der Waals surface area contributed by atoms with E-state index < -0.39 is 0 Å². The second-order valence-electron chi connectivity index (χ2n) is 5.06. The van der Waals surface area contributed by atoms with E-state index in [2.05, 4.69) is 63.2 Å². The van der Waals surface area contributed by atoms with Crippen molar-refractivity contribution in [2.24, 2.45) is 0 Å². The fraction of sp³-hybridized carbons (Fsp3) is 0.500. The highest BCUT2D eigenvalue weighted by Crippen LogP contribution is 2.43. The third-order valence-electron chi connectivity index (χ3n) is 2.66. The molecule has 0 saturated heterocycles. The number of nitrogens with one attached hydrogen (secondary N) is 1. The van der Waals surface area contributed by atoms with Crippen molar-refractivity contribution in [1.29, 1.82) is 0 Å². The molecule has 0 aliphatic carbocycles. The fourth-order valence-corrected chi connectivity index (χ4v) is 2.88. The molecule has 0 spiro atoms. The van der Waals surface area contributed by atoms with Crippen molar-refractivity contribution < 1.29 is 4.74 Å². The lowest BCUT2D eigenvalue weighted by Crippen LogP contribution is -2.46. The quantitative estimate of drug-likeness (QED) is 0.738. The number of fused-ring (bicyclic) bond motifs is 1. The van der Waals surface area contributed by atoms with Gasteiger partial charge in [0.05, 0.1) is 5.60 Å². The molecular weight excluding hydrogens is 334 g/mol. The molecule has 1 aliphatic rings. The summed E-state index contributed by atoms with van der Waals surface area (Å²) in [4.78, 5) is 0. The molecule has 16 heavy (non-hydrogen) atoms. The summed E-state index contributed by atoms with van der Waals surface area (Å²) in [6.45, 7) is 8.25. The van der Waals surface area contributed by atoms with Gasteiger partial charge < -0.3 is 10.1 Å². The van der Waals surface area contributed by atoms with Crippen molar-refractivity contribution in [1.82, 2.24) is 0 Å². The largest absolute Gasteiger partial charge is 0.358 e. The molecule has 0 amide bonds. The van der Waals surface area contributed by atoms with Crippen molar-refractivity contribution in [3.05, 3.63) is 26.6 Å². The molecule has 0 bridgehead atoms. The molecule has 4 heteroatoms. The third-order valence-corrected chi connectivity index (χ3v) is 4.50. The molecule has 2 rings (SSSR count). The number of benzene rings is 1. The molecule has 0 saturated carbocycles. The fourth-order valence-electron chi connectivity index (χ4n) is 2.19. The Kier molecular flexibility index (Phi) is 2.88. The predicted octanol–water partition coefficient (Wildman–Crippen LogP) is 4.62. The zero-order valence-corrected chi connectivity index (χ0v) is 13.0. The van der Waals surface area contributed by atoms with Gasteiger partial charge >= 0.3 is 0 Å². The Morgan fingerprint density at radius 1 is 1.06 bits per heavy atom. The van der Waals surface area contributed by atoms with Gasteiger partial charge in [0.25, 0.3) is 0 Å². The van der Waals surface area contributed by atoms with Crippen LogP contribution in [0.1, 0.15) is 33.3 Å². The summed E-state index contributed by atoms with van der Waals surface area (Å²) in [6, 6.07) is 4.19. The lowest BCUT2D eigenvalue weighted by molar-refractivity contribution is -0.119. The summed E-state index contributed by atoms with van der Waals surface area (Å²) in [6.07, 6.45) is 0. The Bertz CT molecular complexity index is 441. The molecule has 1 aliphatic heterocycles. The van der Waals surface area contributed by atoms with E-state index in [1.54, 1.807) is 0 Å². The number of hydrogen-bond acceptors (Lipinski definition) is 2. The lowest BCUT2D eigenvalue weighted by atomic mass is 9.93. The maximum absolute atomic E-state index is 6.04. The zero-order valence-electron chi connectivity index (χ0n) is 9.82. The minimum absolute atomic E-state index is 0.284. The van der Waals surface area contributed by atoms with Crippen LogP contribution in [0.3, 0.4) is 0 Å². The Morgan fingerprint density at radius 2 is 1.62 bits per heavy atom. The Labute approximate surface area is 113 Å². The van der Waals surface area contributed by atoms with Crippen LogP contribution in [0, 0.1) is 0 Å². The number of anilines is 1. The summed E-state index contributed by atoms with van der Waals surface area (Å²) in [5.74, 6) is 0. The van der Waals surface area contributed by atoms with Gasteiger partial charge in [-0.2, -0.15) is 0 Å². The van der Waals surface area contributed by atoms with Crippen molar-refractivity contribution >= 4 is 37.5 Å². The van der Waals surface area contributed by atoms with Gasteiger partial charge in [-0.25, -0.2) is 0 Å². The highest BCUT2D eigenvalue weighted by atomic mass is 79.9. The van der Waals surface area contributed by atoms with Crippen molar-refractivity contribution in [2.75, 3.05) is 5.32 Å². The molecule has 0 unspecified atom stereocenters. The van der Waals surface area contributed by atoms with E-state index in [0.29, 0.717) is 0 Å². The predicted molar refractivity (Wildman–Crippen MR) is 73.7 cm³/mol. The van der Waals surface area contributed by atoms with Gasteiger partial charge in [0.1, 0.15) is 5.72 Å². The van der Waals surface area contributed by atoms with Crippen LogP contribution in [0.2, 0.25) is 0 Å². The first kappa shape index (κ1) is 12.4. The number of rotatable bonds is 0. The van der Waals surface area contributed by atoms with E-state index in [9.17, 15) is 0 Å². The Morgan fingerprint density at radius 3 is 2.25 bits per heavy atom. The first-order valence-electron chi connectivity index (χ1n) is 5.19. The maximum atomic E-state index is 6.04. The molecular formula is C12H15Br2NO. The standard InChI is InChI=1S/C12H15Br2NO/c1-11(2)7-5-8(13)9(14)6-10(7)15-12(3,4)16-11/h5-6,15H,1-4H3. The minimum Gasteiger partial charge on any atom is -0.358 e. The van der Waals surface area contributed by atoms with Crippen LogP contribution < -0.4 is 5.32 Å². The maximum Gasteiger partial charge on any atom is 0.134 e. The van der Waals surface area contributed by atoms with E-state index >= 15 is 0 Å². The molecule has 2 nitrogen and oxygen atoms in total. The van der Waals surface area contributed by atoms with Crippen LogP contribution in [0.5, 0.6) is 0 Å². The molecule has 0 aromatic heterocycles. The number of ether oxygens (including phenoxy) is 1. The molecule has 0 fully saturated rings. The van der Waals surface area contributed by atoms with Gasteiger partial charge in [-0.05, 0) is 71.7 Å². The van der Waals surface area contributed by atoms with Gasteiger partial charge in [0, 0.05) is 20.2 Å². The summed E-state index contributed by atoms with van der Waals surface area (Å²) in [7, 11) is 0. The first-order valence-corrected chi connectivity index (χ1v) is 6.78. The summed E-state index contributed by atoms with van der Waals surface area (Å²) >= 11 is 7.05. The average molecular weight is 349 g/mol. The van der Waals surface area contributed by atoms with Crippen molar-refractivity contribution in [3.8, 4) is 0 Å². The smallest absolute Gasteiger partial charge is 0.134 e. The summed E-state index contributed by atoms with van der Waals surface area (Å²) in [5.41, 5.74) is 1.66. The molecule has 1 N–H and O–H groups in total. The van der Waals surface area contributed by atoms with E-state index in [0.717, 1.165) is 14.6 Å². The van der Waals surface area contributed by atoms with Gasteiger partial charge in [-0.15, -0.1) is 0 Å². The van der Waals surface area contributed by atoms with Crippen LogP contribution in [0.25, 0.3) is 0 Å². The monoisotopic (exact) mass is 347 g/mol. The summed E-state index contributed by atoms with van der Waals surface area (Å²) in [5, 5.41) is 3.39. The minimum atomic E-state index is -0.343. The topological polar surface area (TPSA) is 21.3 Å². The molecule has 1 aromatic rings. The highest BCUT2D eigenvalue weighted by molar-refractivity contribution is 9.13. The van der Waals surface area contributed by atoms with Gasteiger partial charge in [0.2, 0.25) is 0 Å². The highest BCUT2D eigenvalue weighted by Gasteiger charge is 2.38. The zero-order chi connectivity index (χ0) is 12.1. The lowest BCUT2D eigenvalue weighted by Gasteiger charge is -2.44. The second kappa shape index (κ2) is 3.72. The van der Waals surface area contributed by atoms with E-state index in [-0.39, 0.29) is 11.3 Å². The van der Waals surface area contributed by atoms with Crippen LogP contribution in [0.4, 0.5) is 5.69 Å². The summed E-state index contributed by atoms with van der Waals surface area (Å²) < 4.78 is 8.13.